The summed E-state index contributed by atoms with van der Waals surface area (Å²) in [6.45, 7) is 0.516. The van der Waals surface area contributed by atoms with Crippen LogP contribution in [0, 0.1) is 0 Å². The molecule has 0 aliphatic rings. The minimum Gasteiger partial charge on any atom is -0.489 e. The number of H-pyrrole nitrogens is 2. The van der Waals surface area contributed by atoms with Crippen molar-refractivity contribution in [3.8, 4) is 5.75 Å². The Morgan fingerprint density at radius 2 is 1.67 bits per heavy atom. The third-order valence-electron chi connectivity index (χ3n) is 5.03. The first-order chi connectivity index (χ1) is 14.8. The fourth-order valence-electron chi connectivity index (χ4n) is 3.53. The summed E-state index contributed by atoms with van der Waals surface area (Å²) in [5.74, 6) is 0.774. The molecule has 3 aromatic carbocycles. The van der Waals surface area contributed by atoms with Crippen molar-refractivity contribution in [1.82, 2.24) is 9.97 Å². The van der Waals surface area contributed by atoms with Crippen LogP contribution in [0.2, 0.25) is 0 Å². The van der Waals surface area contributed by atoms with Crippen LogP contribution in [0.15, 0.2) is 94.8 Å². The lowest BCUT2D eigenvalue weighted by Gasteiger charge is -2.06. The highest BCUT2D eigenvalue weighted by Crippen LogP contribution is 2.25. The summed E-state index contributed by atoms with van der Waals surface area (Å²) < 4.78 is 5.81. The van der Waals surface area contributed by atoms with E-state index >= 15 is 0 Å². The Morgan fingerprint density at radius 3 is 2.50 bits per heavy atom. The minimum atomic E-state index is -0.145. The molecule has 2 N–H and O–H groups in total. The maximum atomic E-state index is 12.5. The van der Waals surface area contributed by atoms with E-state index in [1.165, 1.54) is 0 Å². The average molecular weight is 393 g/mol. The molecule has 146 valence electrons. The molecule has 2 heterocycles. The smallest absolute Gasteiger partial charge is 0.257 e. The summed E-state index contributed by atoms with van der Waals surface area (Å²) in [6, 6.07) is 25.3. The molecule has 5 heteroatoms. The number of hydrogen-bond donors (Lipinski definition) is 2. The summed E-state index contributed by atoms with van der Waals surface area (Å²) in [6.07, 6.45) is 3.50. The fourth-order valence-corrected chi connectivity index (χ4v) is 3.53. The number of ether oxygens (including phenoxy) is 1. The van der Waals surface area contributed by atoms with Gasteiger partial charge in [-0.25, -0.2) is 0 Å². The standard InChI is InChI=1S/C25H19N3O2/c29-25-21(24-20-7-4-14-26-22(20)12-13-23(24)28-25)15-27-18-8-10-19(11-9-18)30-16-17-5-2-1-3-6-17/h1-15,26H,16H2,(H,28,29). The van der Waals surface area contributed by atoms with E-state index in [0.717, 1.165) is 38.8 Å². The lowest BCUT2D eigenvalue weighted by atomic mass is 10.1. The van der Waals surface area contributed by atoms with E-state index < -0.39 is 0 Å². The van der Waals surface area contributed by atoms with Crippen LogP contribution < -0.4 is 10.3 Å². The van der Waals surface area contributed by atoms with E-state index in [1.54, 1.807) is 6.21 Å². The SMILES string of the molecule is O=c1[nH]c2ccc3[nH]cccc3c2c1C=Nc1ccc(OCc2ccccc2)cc1. The van der Waals surface area contributed by atoms with E-state index in [9.17, 15) is 4.79 Å². The molecule has 0 fully saturated rings. The number of nitrogens with zero attached hydrogens (tertiary/aromatic N) is 1. The Morgan fingerprint density at radius 1 is 0.867 bits per heavy atom. The van der Waals surface area contributed by atoms with E-state index in [1.807, 2.05) is 85.1 Å². The van der Waals surface area contributed by atoms with Crippen LogP contribution in [0.25, 0.3) is 21.8 Å². The second-order valence-corrected chi connectivity index (χ2v) is 7.01. The van der Waals surface area contributed by atoms with E-state index in [4.69, 9.17) is 4.74 Å². The predicted octanol–water partition coefficient (Wildman–Crippen LogP) is 5.34. The molecule has 0 radical (unpaired) electrons. The van der Waals surface area contributed by atoms with Gasteiger partial charge in [-0.2, -0.15) is 0 Å². The van der Waals surface area contributed by atoms with Crippen molar-refractivity contribution in [1.29, 1.82) is 0 Å². The van der Waals surface area contributed by atoms with Gasteiger partial charge in [0.1, 0.15) is 12.4 Å². The highest BCUT2D eigenvalue weighted by molar-refractivity contribution is 6.13. The topological polar surface area (TPSA) is 70.2 Å². The van der Waals surface area contributed by atoms with Crippen LogP contribution in [0.1, 0.15) is 11.1 Å². The normalized spacial score (nSPS) is 11.5. The van der Waals surface area contributed by atoms with E-state index in [0.29, 0.717) is 12.2 Å². The van der Waals surface area contributed by atoms with Crippen molar-refractivity contribution in [2.45, 2.75) is 6.61 Å². The van der Waals surface area contributed by atoms with Crippen LogP contribution in [0.3, 0.4) is 0 Å². The largest absolute Gasteiger partial charge is 0.489 e. The van der Waals surface area contributed by atoms with Crippen molar-refractivity contribution in [3.05, 3.63) is 107 Å². The first kappa shape index (κ1) is 17.9. The molecule has 2 aromatic heterocycles. The summed E-state index contributed by atoms with van der Waals surface area (Å²) >= 11 is 0. The molecule has 5 rings (SSSR count). The van der Waals surface area contributed by atoms with Gasteiger partial charge in [-0.15, -0.1) is 0 Å². The second-order valence-electron chi connectivity index (χ2n) is 7.01. The molecule has 0 aliphatic carbocycles. The summed E-state index contributed by atoms with van der Waals surface area (Å²) in [5.41, 5.74) is 4.05. The monoisotopic (exact) mass is 393 g/mol. The molecule has 0 bridgehead atoms. The number of hydrogen-bond acceptors (Lipinski definition) is 3. The fraction of sp³-hybridized carbons (Fsp3) is 0.0400. The summed E-state index contributed by atoms with van der Waals surface area (Å²) in [4.78, 5) is 23.1. The van der Waals surface area contributed by atoms with Gasteiger partial charge in [0.05, 0.1) is 11.3 Å². The van der Waals surface area contributed by atoms with Crippen molar-refractivity contribution in [3.63, 3.8) is 0 Å². The first-order valence-corrected chi connectivity index (χ1v) is 9.71. The van der Waals surface area contributed by atoms with Gasteiger partial charge in [-0.1, -0.05) is 36.4 Å². The average Bonchev–Trinajstić information content (AvgIpc) is 3.13. The van der Waals surface area contributed by atoms with Gasteiger partial charge in [-0.3, -0.25) is 9.79 Å². The van der Waals surface area contributed by atoms with Crippen LogP contribution >= 0.6 is 0 Å². The van der Waals surface area contributed by atoms with Crippen molar-refractivity contribution in [2.75, 3.05) is 0 Å². The molecule has 0 spiro atoms. The molecule has 0 amide bonds. The lowest BCUT2D eigenvalue weighted by Crippen LogP contribution is -2.04. The number of fused-ring (bicyclic) bond motifs is 3. The van der Waals surface area contributed by atoms with Crippen LogP contribution in [-0.2, 0) is 6.61 Å². The molecule has 5 aromatic rings. The summed E-state index contributed by atoms with van der Waals surface area (Å²) in [5, 5.41) is 1.86. The number of nitrogens with one attached hydrogen (secondary N) is 2. The highest BCUT2D eigenvalue weighted by Gasteiger charge is 2.11. The number of aliphatic imine (C=N–C) groups is 1. The molecule has 5 nitrogen and oxygen atoms in total. The Labute approximate surface area is 172 Å². The maximum absolute atomic E-state index is 12.5. The highest BCUT2D eigenvalue weighted by atomic mass is 16.5. The molecule has 0 unspecified atom stereocenters. The minimum absolute atomic E-state index is 0.145. The number of pyridine rings is 1. The van der Waals surface area contributed by atoms with Crippen molar-refractivity contribution < 1.29 is 4.74 Å². The van der Waals surface area contributed by atoms with Gasteiger partial charge < -0.3 is 14.7 Å². The van der Waals surface area contributed by atoms with Gasteiger partial charge in [0.15, 0.2) is 0 Å². The molecule has 0 saturated carbocycles. The zero-order valence-electron chi connectivity index (χ0n) is 16.1. The molecule has 0 saturated heterocycles. The molecular weight excluding hydrogens is 374 g/mol. The molecular formula is C25H19N3O2. The van der Waals surface area contributed by atoms with E-state index in [-0.39, 0.29) is 5.56 Å². The van der Waals surface area contributed by atoms with Gasteiger partial charge in [-0.05, 0) is 48.0 Å². The number of benzene rings is 3. The maximum Gasteiger partial charge on any atom is 0.257 e. The van der Waals surface area contributed by atoms with Gasteiger partial charge in [0.25, 0.3) is 5.56 Å². The number of aromatic amines is 2. The third-order valence-corrected chi connectivity index (χ3v) is 5.03. The molecule has 30 heavy (non-hydrogen) atoms. The molecule has 0 atom stereocenters. The Kier molecular flexibility index (Phi) is 4.62. The van der Waals surface area contributed by atoms with Gasteiger partial charge in [0.2, 0.25) is 0 Å². The lowest BCUT2D eigenvalue weighted by molar-refractivity contribution is 0.306. The Bertz CT molecular complexity index is 1400. The number of aromatic nitrogens is 2. The van der Waals surface area contributed by atoms with E-state index in [2.05, 4.69) is 15.0 Å². The van der Waals surface area contributed by atoms with Crippen LogP contribution in [-0.4, -0.2) is 16.2 Å². The zero-order valence-corrected chi connectivity index (χ0v) is 16.1. The zero-order chi connectivity index (χ0) is 20.3. The second kappa shape index (κ2) is 7.72. The third kappa shape index (κ3) is 3.49. The Balaban J connectivity index is 1.40. The summed E-state index contributed by atoms with van der Waals surface area (Å²) in [7, 11) is 0. The quantitative estimate of drug-likeness (QED) is 0.396. The van der Waals surface area contributed by atoms with Gasteiger partial charge >= 0.3 is 0 Å². The predicted molar refractivity (Wildman–Crippen MR) is 121 cm³/mol. The van der Waals surface area contributed by atoms with Gasteiger partial charge in [0, 0.05) is 34.2 Å². The first-order valence-electron chi connectivity index (χ1n) is 9.71. The van der Waals surface area contributed by atoms with Crippen LogP contribution in [0.4, 0.5) is 5.69 Å². The van der Waals surface area contributed by atoms with Crippen LogP contribution in [0.5, 0.6) is 5.75 Å². The Hall–Kier alpha value is -4.12. The van der Waals surface area contributed by atoms with Crippen molar-refractivity contribution >= 4 is 33.7 Å². The van der Waals surface area contributed by atoms with Crippen molar-refractivity contribution in [2.24, 2.45) is 4.99 Å². The molecule has 0 aliphatic heterocycles. The number of rotatable bonds is 5.